The molecule has 3 heteroatoms. The van der Waals surface area contributed by atoms with E-state index in [9.17, 15) is 4.79 Å². The van der Waals surface area contributed by atoms with Gasteiger partial charge in [0.2, 0.25) is 5.91 Å². The van der Waals surface area contributed by atoms with E-state index in [-0.39, 0.29) is 12.5 Å². The molecule has 0 aromatic carbocycles. The van der Waals surface area contributed by atoms with Crippen molar-refractivity contribution in [3.05, 3.63) is 0 Å². The SMILES string of the molecule is CC1CC2CCCCC2N1C(=O)CN. The Kier molecular flexibility index (Phi) is 2.77. The molecule has 2 rings (SSSR count). The van der Waals surface area contributed by atoms with Gasteiger partial charge in [0.05, 0.1) is 6.54 Å². The van der Waals surface area contributed by atoms with Gasteiger partial charge >= 0.3 is 0 Å². The third-order valence-corrected chi connectivity index (χ3v) is 3.81. The lowest BCUT2D eigenvalue weighted by molar-refractivity contribution is -0.132. The molecule has 1 aliphatic heterocycles. The Bertz CT molecular complexity index is 229. The molecule has 2 N–H and O–H groups in total. The van der Waals surface area contributed by atoms with Gasteiger partial charge in [-0.25, -0.2) is 0 Å². The molecule has 2 aliphatic rings. The maximum absolute atomic E-state index is 11.7. The largest absolute Gasteiger partial charge is 0.336 e. The van der Waals surface area contributed by atoms with Gasteiger partial charge in [-0.15, -0.1) is 0 Å². The summed E-state index contributed by atoms with van der Waals surface area (Å²) in [4.78, 5) is 13.7. The van der Waals surface area contributed by atoms with Crippen LogP contribution in [0.1, 0.15) is 39.0 Å². The molecular weight excluding hydrogens is 176 g/mol. The van der Waals surface area contributed by atoms with E-state index in [4.69, 9.17) is 5.73 Å². The number of fused-ring (bicyclic) bond motifs is 1. The van der Waals surface area contributed by atoms with E-state index in [1.807, 2.05) is 0 Å². The number of hydrogen-bond donors (Lipinski definition) is 1. The second kappa shape index (κ2) is 3.89. The highest BCUT2D eigenvalue weighted by molar-refractivity contribution is 5.79. The Hall–Kier alpha value is -0.570. The smallest absolute Gasteiger partial charge is 0.236 e. The van der Waals surface area contributed by atoms with Crippen LogP contribution in [0.15, 0.2) is 0 Å². The molecule has 1 amide bonds. The predicted molar refractivity (Wildman–Crippen MR) is 55.7 cm³/mol. The number of carbonyl (C=O) groups is 1. The van der Waals surface area contributed by atoms with E-state index in [0.717, 1.165) is 5.92 Å². The highest BCUT2D eigenvalue weighted by atomic mass is 16.2. The van der Waals surface area contributed by atoms with Gasteiger partial charge in [0.15, 0.2) is 0 Å². The van der Waals surface area contributed by atoms with Crippen molar-refractivity contribution < 1.29 is 4.79 Å². The maximum atomic E-state index is 11.7. The first-order valence-electron chi connectivity index (χ1n) is 5.75. The van der Waals surface area contributed by atoms with Crippen LogP contribution in [-0.2, 0) is 4.79 Å². The molecule has 3 nitrogen and oxygen atoms in total. The molecule has 1 saturated heterocycles. The fourth-order valence-corrected chi connectivity index (χ4v) is 3.24. The van der Waals surface area contributed by atoms with Crippen LogP contribution >= 0.6 is 0 Å². The summed E-state index contributed by atoms with van der Waals surface area (Å²) in [6.07, 6.45) is 6.32. The zero-order valence-corrected chi connectivity index (χ0v) is 8.91. The van der Waals surface area contributed by atoms with Crippen molar-refractivity contribution in [2.24, 2.45) is 11.7 Å². The molecule has 1 heterocycles. The Morgan fingerprint density at radius 3 is 2.86 bits per heavy atom. The molecule has 0 bridgehead atoms. The standard InChI is InChI=1S/C11H20N2O/c1-8-6-9-4-2-3-5-10(9)13(8)11(14)7-12/h8-10H,2-7,12H2,1H3. The first-order valence-corrected chi connectivity index (χ1v) is 5.75. The third kappa shape index (κ3) is 1.54. The molecule has 0 aromatic rings. The predicted octanol–water partition coefficient (Wildman–Crippen LogP) is 1.12. The summed E-state index contributed by atoms with van der Waals surface area (Å²) in [6, 6.07) is 0.925. The number of carbonyl (C=O) groups excluding carboxylic acids is 1. The molecule has 0 aromatic heterocycles. The van der Waals surface area contributed by atoms with E-state index in [1.54, 1.807) is 0 Å². The first kappa shape index (κ1) is 9.97. The summed E-state index contributed by atoms with van der Waals surface area (Å²) >= 11 is 0. The van der Waals surface area contributed by atoms with E-state index >= 15 is 0 Å². The van der Waals surface area contributed by atoms with Crippen molar-refractivity contribution >= 4 is 5.91 Å². The van der Waals surface area contributed by atoms with E-state index in [2.05, 4.69) is 11.8 Å². The second-order valence-corrected chi connectivity index (χ2v) is 4.70. The fraction of sp³-hybridized carbons (Fsp3) is 0.909. The minimum Gasteiger partial charge on any atom is -0.336 e. The lowest BCUT2D eigenvalue weighted by Crippen LogP contribution is -2.45. The highest BCUT2D eigenvalue weighted by Crippen LogP contribution is 2.39. The van der Waals surface area contributed by atoms with Crippen LogP contribution in [0.2, 0.25) is 0 Å². The number of nitrogens with two attached hydrogens (primary N) is 1. The number of amides is 1. The zero-order valence-electron chi connectivity index (χ0n) is 8.91. The van der Waals surface area contributed by atoms with Crippen molar-refractivity contribution in [3.63, 3.8) is 0 Å². The zero-order chi connectivity index (χ0) is 10.1. The van der Waals surface area contributed by atoms with Crippen molar-refractivity contribution in [2.45, 2.75) is 51.1 Å². The van der Waals surface area contributed by atoms with Crippen molar-refractivity contribution in [1.82, 2.24) is 4.90 Å². The van der Waals surface area contributed by atoms with Crippen molar-refractivity contribution in [3.8, 4) is 0 Å². The van der Waals surface area contributed by atoms with Crippen LogP contribution in [0.3, 0.4) is 0 Å². The molecule has 1 saturated carbocycles. The van der Waals surface area contributed by atoms with Crippen LogP contribution in [0.4, 0.5) is 0 Å². The Labute approximate surface area is 85.6 Å². The first-order chi connectivity index (χ1) is 6.74. The molecule has 3 atom stereocenters. The van der Waals surface area contributed by atoms with Gasteiger partial charge in [-0.3, -0.25) is 4.79 Å². The average molecular weight is 196 g/mol. The highest BCUT2D eigenvalue weighted by Gasteiger charge is 2.41. The van der Waals surface area contributed by atoms with Gasteiger partial charge < -0.3 is 10.6 Å². The summed E-state index contributed by atoms with van der Waals surface area (Å²) in [6.45, 7) is 2.33. The Morgan fingerprint density at radius 2 is 2.14 bits per heavy atom. The molecule has 0 radical (unpaired) electrons. The number of hydrogen-bond acceptors (Lipinski definition) is 2. The molecule has 2 fully saturated rings. The summed E-state index contributed by atoms with van der Waals surface area (Å²) in [5.41, 5.74) is 5.44. The van der Waals surface area contributed by atoms with Crippen molar-refractivity contribution in [1.29, 1.82) is 0 Å². The van der Waals surface area contributed by atoms with Gasteiger partial charge in [0.25, 0.3) is 0 Å². The van der Waals surface area contributed by atoms with E-state index in [1.165, 1.54) is 32.1 Å². The molecule has 1 aliphatic carbocycles. The number of nitrogens with zero attached hydrogens (tertiary/aromatic N) is 1. The quantitative estimate of drug-likeness (QED) is 0.683. The van der Waals surface area contributed by atoms with Crippen LogP contribution in [0, 0.1) is 5.92 Å². The molecule has 80 valence electrons. The lowest BCUT2D eigenvalue weighted by atomic mass is 9.85. The number of likely N-dealkylation sites (tertiary alicyclic amines) is 1. The van der Waals surface area contributed by atoms with Crippen LogP contribution in [0.25, 0.3) is 0 Å². The Morgan fingerprint density at radius 1 is 1.43 bits per heavy atom. The van der Waals surface area contributed by atoms with Gasteiger partial charge in [0.1, 0.15) is 0 Å². The second-order valence-electron chi connectivity index (χ2n) is 4.70. The summed E-state index contributed by atoms with van der Waals surface area (Å²) in [5.74, 6) is 0.904. The molecule has 14 heavy (non-hydrogen) atoms. The van der Waals surface area contributed by atoms with Gasteiger partial charge in [0, 0.05) is 12.1 Å². The van der Waals surface area contributed by atoms with Gasteiger partial charge in [-0.1, -0.05) is 12.8 Å². The fourth-order valence-electron chi connectivity index (χ4n) is 3.24. The number of rotatable bonds is 1. The normalized spacial score (nSPS) is 37.0. The van der Waals surface area contributed by atoms with Gasteiger partial charge in [-0.2, -0.15) is 0 Å². The Balaban J connectivity index is 2.11. The molecular formula is C11H20N2O. The summed E-state index contributed by atoms with van der Waals surface area (Å²) in [7, 11) is 0. The van der Waals surface area contributed by atoms with Gasteiger partial charge in [-0.05, 0) is 32.1 Å². The monoisotopic (exact) mass is 196 g/mol. The minimum atomic E-state index is 0.145. The van der Waals surface area contributed by atoms with E-state index in [0.29, 0.717) is 12.1 Å². The van der Waals surface area contributed by atoms with Crippen LogP contribution in [-0.4, -0.2) is 29.4 Å². The molecule has 3 unspecified atom stereocenters. The summed E-state index contributed by atoms with van der Waals surface area (Å²) in [5, 5.41) is 0. The summed E-state index contributed by atoms with van der Waals surface area (Å²) < 4.78 is 0. The van der Waals surface area contributed by atoms with Crippen LogP contribution in [0.5, 0.6) is 0 Å². The minimum absolute atomic E-state index is 0.145. The molecule has 0 spiro atoms. The average Bonchev–Trinajstić information content (AvgIpc) is 2.53. The van der Waals surface area contributed by atoms with E-state index < -0.39 is 0 Å². The third-order valence-electron chi connectivity index (χ3n) is 3.81. The topological polar surface area (TPSA) is 46.3 Å². The van der Waals surface area contributed by atoms with Crippen molar-refractivity contribution in [2.75, 3.05) is 6.54 Å². The lowest BCUT2D eigenvalue weighted by Gasteiger charge is -2.33. The van der Waals surface area contributed by atoms with Crippen LogP contribution < -0.4 is 5.73 Å². The maximum Gasteiger partial charge on any atom is 0.236 e.